The summed E-state index contributed by atoms with van der Waals surface area (Å²) in [5, 5.41) is 2.95. The second-order valence-electron chi connectivity index (χ2n) is 10.0. The molecule has 1 N–H and O–H groups in total. The Balaban J connectivity index is 1.97. The molecule has 2 amide bonds. The first-order valence-corrected chi connectivity index (χ1v) is 14.8. The van der Waals surface area contributed by atoms with Crippen LogP contribution in [-0.4, -0.2) is 50.8 Å². The van der Waals surface area contributed by atoms with Crippen molar-refractivity contribution in [2.75, 3.05) is 23.9 Å². The molecule has 0 heterocycles. The van der Waals surface area contributed by atoms with Crippen molar-refractivity contribution in [1.82, 2.24) is 10.2 Å². The molecule has 8 heteroatoms. The minimum absolute atomic E-state index is 0.0935. The molecule has 0 radical (unpaired) electrons. The van der Waals surface area contributed by atoms with E-state index in [4.69, 9.17) is 0 Å². The molecule has 0 aliphatic heterocycles. The second kappa shape index (κ2) is 13.9. The molecule has 1 unspecified atom stereocenters. The first-order chi connectivity index (χ1) is 18.6. The van der Waals surface area contributed by atoms with Gasteiger partial charge in [0.25, 0.3) is 10.0 Å². The Morgan fingerprint density at radius 3 is 2.03 bits per heavy atom. The van der Waals surface area contributed by atoms with Gasteiger partial charge in [-0.05, 0) is 55.5 Å². The fourth-order valence-corrected chi connectivity index (χ4v) is 5.71. The SMILES string of the molecule is CCC(C(=O)NCC(C)C)N(CCc1ccccc1)C(=O)CN(c1ccc(C)cc1)S(=O)(=O)c1ccccc1. The molecule has 208 valence electrons. The maximum Gasteiger partial charge on any atom is 0.264 e. The first-order valence-electron chi connectivity index (χ1n) is 13.4. The normalized spacial score (nSPS) is 12.1. The molecular weight excluding hydrogens is 510 g/mol. The summed E-state index contributed by atoms with van der Waals surface area (Å²) < 4.78 is 28.7. The third-order valence-corrected chi connectivity index (χ3v) is 8.27. The zero-order chi connectivity index (χ0) is 28.4. The molecule has 0 aliphatic rings. The zero-order valence-electron chi connectivity index (χ0n) is 23.2. The summed E-state index contributed by atoms with van der Waals surface area (Å²) >= 11 is 0. The van der Waals surface area contributed by atoms with E-state index in [1.54, 1.807) is 30.3 Å². The van der Waals surface area contributed by atoms with Crippen molar-refractivity contribution in [2.45, 2.75) is 51.5 Å². The molecule has 3 aromatic rings. The van der Waals surface area contributed by atoms with Gasteiger partial charge < -0.3 is 10.2 Å². The number of hydrogen-bond acceptors (Lipinski definition) is 4. The third-order valence-electron chi connectivity index (χ3n) is 6.49. The number of carbonyl (C=O) groups is 2. The molecule has 0 fully saturated rings. The van der Waals surface area contributed by atoms with E-state index in [0.29, 0.717) is 25.1 Å². The fourth-order valence-electron chi connectivity index (χ4n) is 4.28. The van der Waals surface area contributed by atoms with Crippen molar-refractivity contribution in [3.63, 3.8) is 0 Å². The molecule has 0 saturated carbocycles. The summed E-state index contributed by atoms with van der Waals surface area (Å²) in [4.78, 5) is 28.8. The Labute approximate surface area is 232 Å². The van der Waals surface area contributed by atoms with E-state index >= 15 is 0 Å². The van der Waals surface area contributed by atoms with Crippen LogP contribution in [0.3, 0.4) is 0 Å². The van der Waals surface area contributed by atoms with Crippen LogP contribution in [0.1, 0.15) is 38.3 Å². The Hall–Kier alpha value is -3.65. The van der Waals surface area contributed by atoms with E-state index in [1.165, 1.54) is 17.0 Å². The van der Waals surface area contributed by atoms with Crippen LogP contribution in [0, 0.1) is 12.8 Å². The molecule has 0 spiro atoms. The fraction of sp³-hybridized carbons (Fsp3) is 0.355. The number of anilines is 1. The van der Waals surface area contributed by atoms with Crippen LogP contribution in [0.5, 0.6) is 0 Å². The van der Waals surface area contributed by atoms with Gasteiger partial charge >= 0.3 is 0 Å². The van der Waals surface area contributed by atoms with Crippen molar-refractivity contribution < 1.29 is 18.0 Å². The van der Waals surface area contributed by atoms with Gasteiger partial charge in [-0.25, -0.2) is 8.42 Å². The topological polar surface area (TPSA) is 86.8 Å². The number of sulfonamides is 1. The van der Waals surface area contributed by atoms with Gasteiger partial charge in [0.15, 0.2) is 0 Å². The largest absolute Gasteiger partial charge is 0.354 e. The van der Waals surface area contributed by atoms with Gasteiger partial charge in [0, 0.05) is 13.1 Å². The molecular formula is C31H39N3O4S. The lowest BCUT2D eigenvalue weighted by molar-refractivity contribution is -0.139. The van der Waals surface area contributed by atoms with Crippen LogP contribution in [-0.2, 0) is 26.0 Å². The van der Waals surface area contributed by atoms with E-state index in [9.17, 15) is 18.0 Å². The number of rotatable bonds is 13. The average Bonchev–Trinajstić information content (AvgIpc) is 2.94. The maximum absolute atomic E-state index is 14.0. The molecule has 0 saturated heterocycles. The van der Waals surface area contributed by atoms with Crippen molar-refractivity contribution in [3.8, 4) is 0 Å². The number of nitrogens with zero attached hydrogens (tertiary/aromatic N) is 2. The monoisotopic (exact) mass is 549 g/mol. The zero-order valence-corrected chi connectivity index (χ0v) is 24.0. The number of amides is 2. The summed E-state index contributed by atoms with van der Waals surface area (Å²) in [6.07, 6.45) is 0.941. The van der Waals surface area contributed by atoms with Gasteiger partial charge in [-0.15, -0.1) is 0 Å². The summed E-state index contributed by atoms with van der Waals surface area (Å²) in [7, 11) is -4.05. The Bertz CT molecular complexity index is 1310. The minimum atomic E-state index is -4.05. The highest BCUT2D eigenvalue weighted by Crippen LogP contribution is 2.25. The highest BCUT2D eigenvalue weighted by atomic mass is 32.2. The Morgan fingerprint density at radius 1 is 0.872 bits per heavy atom. The van der Waals surface area contributed by atoms with Crippen LogP contribution < -0.4 is 9.62 Å². The van der Waals surface area contributed by atoms with E-state index in [-0.39, 0.29) is 23.3 Å². The number of nitrogens with one attached hydrogen (secondary N) is 1. The predicted molar refractivity (Wildman–Crippen MR) is 156 cm³/mol. The predicted octanol–water partition coefficient (Wildman–Crippen LogP) is 4.81. The van der Waals surface area contributed by atoms with Crippen molar-refractivity contribution in [1.29, 1.82) is 0 Å². The van der Waals surface area contributed by atoms with Crippen molar-refractivity contribution in [2.24, 2.45) is 5.92 Å². The number of carbonyl (C=O) groups excluding carboxylic acids is 2. The minimum Gasteiger partial charge on any atom is -0.354 e. The Kier molecular flexibility index (Phi) is 10.7. The van der Waals surface area contributed by atoms with Crippen LogP contribution in [0.2, 0.25) is 0 Å². The lowest BCUT2D eigenvalue weighted by Crippen LogP contribution is -2.53. The molecule has 7 nitrogen and oxygen atoms in total. The average molecular weight is 550 g/mol. The van der Waals surface area contributed by atoms with Crippen molar-refractivity contribution in [3.05, 3.63) is 96.1 Å². The smallest absolute Gasteiger partial charge is 0.264 e. The van der Waals surface area contributed by atoms with Crippen LogP contribution in [0.15, 0.2) is 89.8 Å². The van der Waals surface area contributed by atoms with E-state index in [1.807, 2.05) is 70.2 Å². The van der Waals surface area contributed by atoms with Gasteiger partial charge in [0.2, 0.25) is 11.8 Å². The maximum atomic E-state index is 14.0. The number of benzene rings is 3. The summed E-state index contributed by atoms with van der Waals surface area (Å²) in [6, 6.07) is 24.1. The summed E-state index contributed by atoms with van der Waals surface area (Å²) in [5.41, 5.74) is 2.39. The molecule has 3 rings (SSSR count). The van der Waals surface area contributed by atoms with E-state index in [0.717, 1.165) is 15.4 Å². The molecule has 0 aliphatic carbocycles. The quantitative estimate of drug-likeness (QED) is 0.331. The van der Waals surface area contributed by atoms with Gasteiger partial charge in [-0.1, -0.05) is 87.0 Å². The molecule has 39 heavy (non-hydrogen) atoms. The van der Waals surface area contributed by atoms with E-state index in [2.05, 4.69) is 5.32 Å². The highest BCUT2D eigenvalue weighted by molar-refractivity contribution is 7.92. The van der Waals surface area contributed by atoms with Gasteiger partial charge in [0.1, 0.15) is 12.6 Å². The molecule has 0 aromatic heterocycles. The first kappa shape index (κ1) is 29.9. The molecule has 1 atom stereocenters. The summed E-state index contributed by atoms with van der Waals surface area (Å²) in [5.74, 6) is -0.411. The summed E-state index contributed by atoms with van der Waals surface area (Å²) in [6.45, 7) is 8.14. The standard InChI is InChI=1S/C31H39N3O4S/c1-5-29(31(36)32-22-24(2)3)33(21-20-26-12-8-6-9-13-26)30(35)23-34(27-18-16-25(4)17-19-27)39(37,38)28-14-10-7-11-15-28/h6-19,24,29H,5,20-23H2,1-4H3,(H,32,36). The second-order valence-corrected chi connectivity index (χ2v) is 11.9. The number of aryl methyl sites for hydroxylation is 1. The lowest BCUT2D eigenvalue weighted by atomic mass is 10.1. The Morgan fingerprint density at radius 2 is 1.46 bits per heavy atom. The van der Waals surface area contributed by atoms with Crippen LogP contribution in [0.4, 0.5) is 5.69 Å². The van der Waals surface area contributed by atoms with Gasteiger partial charge in [-0.2, -0.15) is 0 Å². The van der Waals surface area contributed by atoms with Gasteiger partial charge in [0.05, 0.1) is 10.6 Å². The van der Waals surface area contributed by atoms with Crippen LogP contribution >= 0.6 is 0 Å². The van der Waals surface area contributed by atoms with Crippen LogP contribution in [0.25, 0.3) is 0 Å². The highest BCUT2D eigenvalue weighted by Gasteiger charge is 2.33. The number of hydrogen-bond donors (Lipinski definition) is 1. The third kappa shape index (κ3) is 8.17. The van der Waals surface area contributed by atoms with Gasteiger partial charge in [-0.3, -0.25) is 13.9 Å². The van der Waals surface area contributed by atoms with Crippen molar-refractivity contribution >= 4 is 27.5 Å². The molecule has 0 bridgehead atoms. The van der Waals surface area contributed by atoms with E-state index < -0.39 is 28.5 Å². The molecule has 3 aromatic carbocycles. The lowest BCUT2D eigenvalue weighted by Gasteiger charge is -2.33.